The highest BCUT2D eigenvalue weighted by molar-refractivity contribution is 5.82. The number of aromatic nitrogens is 5. The number of benzene rings is 2. The molecule has 0 bridgehead atoms. The number of nitrogens with one attached hydrogen (secondary N) is 2. The molecular weight excluding hydrogens is 416 g/mol. The second kappa shape index (κ2) is 8.69. The average Bonchev–Trinajstić information content (AvgIpc) is 3.36. The van der Waals surface area contributed by atoms with E-state index in [1.807, 2.05) is 38.1 Å². The Morgan fingerprint density at radius 1 is 1.21 bits per heavy atom. The van der Waals surface area contributed by atoms with Crippen LogP contribution in [0.4, 0.5) is 0 Å². The summed E-state index contributed by atoms with van der Waals surface area (Å²) in [4.78, 5) is 33.8. The Labute approximate surface area is 191 Å². The van der Waals surface area contributed by atoms with Gasteiger partial charge in [-0.15, -0.1) is 0 Å². The van der Waals surface area contributed by atoms with Gasteiger partial charge in [-0.25, -0.2) is 14.5 Å². The topological polar surface area (TPSA) is 97.6 Å². The van der Waals surface area contributed by atoms with Crippen molar-refractivity contribution < 1.29 is 4.79 Å². The van der Waals surface area contributed by atoms with Crippen LogP contribution in [-0.4, -0.2) is 36.8 Å². The van der Waals surface area contributed by atoms with Crippen LogP contribution in [0.25, 0.3) is 11.0 Å². The number of H-pyrrole nitrogens is 1. The van der Waals surface area contributed by atoms with E-state index in [0.29, 0.717) is 38.3 Å². The van der Waals surface area contributed by atoms with Crippen LogP contribution < -0.4 is 11.0 Å². The molecule has 4 aromatic rings. The van der Waals surface area contributed by atoms with Gasteiger partial charge in [0.25, 0.3) is 0 Å². The molecule has 0 saturated carbocycles. The molecule has 2 aromatic carbocycles. The van der Waals surface area contributed by atoms with Gasteiger partial charge in [0.2, 0.25) is 5.91 Å². The van der Waals surface area contributed by atoms with Crippen molar-refractivity contribution in [1.29, 1.82) is 0 Å². The highest BCUT2D eigenvalue weighted by atomic mass is 16.2. The molecule has 0 radical (unpaired) electrons. The van der Waals surface area contributed by atoms with Gasteiger partial charge in [-0.2, -0.15) is 5.10 Å². The highest BCUT2D eigenvalue weighted by Crippen LogP contribution is 2.25. The third-order valence-electron chi connectivity index (χ3n) is 6.38. The minimum absolute atomic E-state index is 0.0871. The van der Waals surface area contributed by atoms with E-state index in [4.69, 9.17) is 0 Å². The van der Waals surface area contributed by atoms with E-state index in [-0.39, 0.29) is 11.6 Å². The highest BCUT2D eigenvalue weighted by Gasteiger charge is 2.31. The molecule has 5 rings (SSSR count). The number of carbonyl (C=O) groups excluding carboxylic acids is 1. The van der Waals surface area contributed by atoms with Gasteiger partial charge in [0.05, 0.1) is 23.5 Å². The molecule has 1 unspecified atom stereocenters. The summed E-state index contributed by atoms with van der Waals surface area (Å²) in [6.45, 7) is 5.56. The lowest BCUT2D eigenvalue weighted by Crippen LogP contribution is -2.36. The Morgan fingerprint density at radius 3 is 2.91 bits per heavy atom. The molecule has 1 amide bonds. The van der Waals surface area contributed by atoms with Crippen LogP contribution in [0.15, 0.2) is 47.3 Å². The molecule has 1 atom stereocenters. The van der Waals surface area contributed by atoms with Gasteiger partial charge < -0.3 is 10.3 Å². The average molecular weight is 445 g/mol. The minimum atomic E-state index is -0.415. The monoisotopic (exact) mass is 444 g/mol. The van der Waals surface area contributed by atoms with Crippen LogP contribution >= 0.6 is 0 Å². The molecule has 33 heavy (non-hydrogen) atoms. The van der Waals surface area contributed by atoms with Crippen molar-refractivity contribution in [2.45, 2.75) is 52.1 Å². The van der Waals surface area contributed by atoms with Crippen molar-refractivity contribution in [3.63, 3.8) is 0 Å². The summed E-state index contributed by atoms with van der Waals surface area (Å²) < 4.78 is 3.16. The fourth-order valence-electron chi connectivity index (χ4n) is 4.54. The lowest BCUT2D eigenvalue weighted by atomic mass is 9.98. The van der Waals surface area contributed by atoms with E-state index in [0.717, 1.165) is 40.0 Å². The molecule has 0 fully saturated rings. The first-order valence-electron chi connectivity index (χ1n) is 11.4. The van der Waals surface area contributed by atoms with Crippen LogP contribution in [-0.2, 0) is 24.3 Å². The van der Waals surface area contributed by atoms with E-state index in [9.17, 15) is 9.59 Å². The van der Waals surface area contributed by atoms with Crippen molar-refractivity contribution >= 4 is 16.9 Å². The first-order chi connectivity index (χ1) is 16.0. The van der Waals surface area contributed by atoms with Crippen molar-refractivity contribution in [2.75, 3.05) is 6.54 Å². The Balaban J connectivity index is 1.29. The lowest BCUT2D eigenvalue weighted by molar-refractivity contribution is -0.123. The van der Waals surface area contributed by atoms with Crippen molar-refractivity contribution in [1.82, 2.24) is 29.6 Å². The van der Waals surface area contributed by atoms with E-state index >= 15 is 0 Å². The zero-order chi connectivity index (χ0) is 22.9. The summed E-state index contributed by atoms with van der Waals surface area (Å²) in [6.07, 6.45) is 2.08. The zero-order valence-corrected chi connectivity index (χ0v) is 19.0. The van der Waals surface area contributed by atoms with E-state index in [1.165, 1.54) is 4.68 Å². The van der Waals surface area contributed by atoms with Crippen molar-refractivity contribution in [3.05, 3.63) is 81.3 Å². The second-order valence-electron chi connectivity index (χ2n) is 8.82. The maximum atomic E-state index is 13.0. The first-order valence-corrected chi connectivity index (χ1v) is 11.4. The minimum Gasteiger partial charge on any atom is -0.355 e. The molecule has 2 N–H and O–H groups in total. The van der Waals surface area contributed by atoms with Crippen molar-refractivity contribution in [3.8, 4) is 0 Å². The van der Waals surface area contributed by atoms with Crippen LogP contribution in [0.5, 0.6) is 0 Å². The van der Waals surface area contributed by atoms with Gasteiger partial charge in [0.1, 0.15) is 11.6 Å². The predicted molar refractivity (Wildman–Crippen MR) is 126 cm³/mol. The molecule has 8 nitrogen and oxygen atoms in total. The number of aromatic amines is 1. The van der Waals surface area contributed by atoms with Gasteiger partial charge in [-0.1, -0.05) is 35.9 Å². The van der Waals surface area contributed by atoms with E-state index in [2.05, 4.69) is 38.6 Å². The maximum absolute atomic E-state index is 13.0. The standard InChI is InChI=1S/C25H28N6O2/c1-16-9-10-17(2)18(14-16)15-31-25(33)30-13-5-6-19(23(30)29-31)24(32)26-12-11-22-27-20-7-3-4-8-21(20)28-22/h3-4,7-10,14,19H,5-6,11-13,15H2,1-2H3,(H,26,32)(H,27,28). The molecule has 1 aliphatic rings. The Hall–Kier alpha value is -3.68. The number of fused-ring (bicyclic) bond motifs is 2. The number of amides is 1. The van der Waals surface area contributed by atoms with Crippen LogP contribution in [0.1, 0.15) is 47.1 Å². The Morgan fingerprint density at radius 2 is 2.06 bits per heavy atom. The van der Waals surface area contributed by atoms with Crippen LogP contribution in [0, 0.1) is 13.8 Å². The number of aryl methyl sites for hydroxylation is 2. The van der Waals surface area contributed by atoms with Crippen molar-refractivity contribution in [2.24, 2.45) is 0 Å². The number of hydrogen-bond acceptors (Lipinski definition) is 4. The Bertz CT molecular complexity index is 1350. The smallest absolute Gasteiger partial charge is 0.346 e. The van der Waals surface area contributed by atoms with Gasteiger partial charge in [0, 0.05) is 19.5 Å². The molecule has 8 heteroatoms. The number of hydrogen-bond donors (Lipinski definition) is 2. The Kier molecular flexibility index (Phi) is 5.58. The number of para-hydroxylation sites is 2. The summed E-state index contributed by atoms with van der Waals surface area (Å²) in [5.74, 6) is 0.908. The van der Waals surface area contributed by atoms with Crippen LogP contribution in [0.2, 0.25) is 0 Å². The summed E-state index contributed by atoms with van der Waals surface area (Å²) in [7, 11) is 0. The zero-order valence-electron chi connectivity index (χ0n) is 19.0. The summed E-state index contributed by atoms with van der Waals surface area (Å²) in [6, 6.07) is 14.1. The number of imidazole rings is 1. The quantitative estimate of drug-likeness (QED) is 0.478. The fourth-order valence-corrected chi connectivity index (χ4v) is 4.54. The largest absolute Gasteiger partial charge is 0.355 e. The second-order valence-corrected chi connectivity index (χ2v) is 8.82. The molecule has 1 aliphatic heterocycles. The third-order valence-corrected chi connectivity index (χ3v) is 6.38. The first kappa shape index (κ1) is 21.2. The summed E-state index contributed by atoms with van der Waals surface area (Å²) in [5, 5.41) is 7.62. The van der Waals surface area contributed by atoms with Gasteiger partial charge in [0.15, 0.2) is 0 Å². The molecular formula is C25H28N6O2. The van der Waals surface area contributed by atoms with Gasteiger partial charge in [-0.3, -0.25) is 9.36 Å². The van der Waals surface area contributed by atoms with Gasteiger partial charge >= 0.3 is 5.69 Å². The molecule has 0 saturated heterocycles. The maximum Gasteiger partial charge on any atom is 0.346 e. The van der Waals surface area contributed by atoms with Gasteiger partial charge in [-0.05, 0) is 49.9 Å². The molecule has 2 aromatic heterocycles. The lowest BCUT2D eigenvalue weighted by Gasteiger charge is -2.21. The van der Waals surface area contributed by atoms with E-state index < -0.39 is 5.92 Å². The predicted octanol–water partition coefficient (Wildman–Crippen LogP) is 2.82. The number of carbonyl (C=O) groups is 1. The molecule has 0 spiro atoms. The van der Waals surface area contributed by atoms with E-state index in [1.54, 1.807) is 4.57 Å². The molecule has 0 aliphatic carbocycles. The molecule has 3 heterocycles. The summed E-state index contributed by atoms with van der Waals surface area (Å²) >= 11 is 0. The van der Waals surface area contributed by atoms with Crippen LogP contribution in [0.3, 0.4) is 0 Å². The number of rotatable bonds is 6. The third kappa shape index (κ3) is 4.20. The normalized spacial score (nSPS) is 15.5. The SMILES string of the molecule is Cc1ccc(C)c(Cn2nc3n(c2=O)CCCC3C(=O)NCCc2nc3ccccc3[nH]2)c1. The number of nitrogens with zero attached hydrogens (tertiary/aromatic N) is 4. The molecule has 170 valence electrons. The summed E-state index contributed by atoms with van der Waals surface area (Å²) in [5.41, 5.74) is 5.10. The fraction of sp³-hybridized carbons (Fsp3) is 0.360.